The summed E-state index contributed by atoms with van der Waals surface area (Å²) < 4.78 is 21.3. The van der Waals surface area contributed by atoms with Crippen molar-refractivity contribution in [2.24, 2.45) is 12.8 Å². The summed E-state index contributed by atoms with van der Waals surface area (Å²) in [6, 6.07) is 19.9. The average Bonchev–Trinajstić information content (AvgIpc) is 3.70. The summed E-state index contributed by atoms with van der Waals surface area (Å²) in [6.07, 6.45) is 9.59. The van der Waals surface area contributed by atoms with Crippen LogP contribution in [0.2, 0.25) is 0 Å². The fourth-order valence-electron chi connectivity index (χ4n) is 9.43. The van der Waals surface area contributed by atoms with Gasteiger partial charge >= 0.3 is 5.69 Å². The molecule has 63 heavy (non-hydrogen) atoms. The van der Waals surface area contributed by atoms with Gasteiger partial charge in [0.15, 0.2) is 0 Å². The van der Waals surface area contributed by atoms with Crippen molar-refractivity contribution in [1.82, 2.24) is 19.8 Å². The quantitative estimate of drug-likeness (QED) is 0.0638. The smallest absolute Gasteiger partial charge is 0.329 e. The van der Waals surface area contributed by atoms with E-state index in [2.05, 4.69) is 53.1 Å². The molecule has 338 valence electrons. The number of piperidine rings is 1. The lowest BCUT2D eigenvalue weighted by molar-refractivity contribution is -0.135. The number of ether oxygens (including phenoxy) is 3. The van der Waals surface area contributed by atoms with Crippen molar-refractivity contribution < 1.29 is 33.4 Å². The number of unbranched alkanes of at least 4 members (excludes halogenated alkanes) is 1. The molecule has 1 saturated heterocycles. The fourth-order valence-corrected chi connectivity index (χ4v) is 9.43. The SMILES string of the molecule is C[C@@H](OCc1ccc(CCCOCCCCOCCCc2cccc3c2n(C)c(=O)n3C2CCC(=O)NC2=O)cc1)[C@H](CCC(N)=O)NC[C@@H]1Cc2cccc3c2N1C(=O)CCC3. The molecule has 4 N–H and O–H groups in total. The Balaban J connectivity index is 0.753. The summed E-state index contributed by atoms with van der Waals surface area (Å²) in [5.41, 5.74) is 13.8. The fraction of sp³-hybridized carbons (Fsp3) is 0.531. The first-order valence-corrected chi connectivity index (χ1v) is 22.9. The van der Waals surface area contributed by atoms with Crippen LogP contribution in [0.25, 0.3) is 11.0 Å². The van der Waals surface area contributed by atoms with Crippen LogP contribution in [0.3, 0.4) is 0 Å². The van der Waals surface area contributed by atoms with E-state index in [-0.39, 0.29) is 54.4 Å². The van der Waals surface area contributed by atoms with Crippen LogP contribution in [0.1, 0.15) is 105 Å². The van der Waals surface area contributed by atoms with Gasteiger partial charge in [-0.1, -0.05) is 54.6 Å². The Kier molecular flexibility index (Phi) is 16.0. The summed E-state index contributed by atoms with van der Waals surface area (Å²) >= 11 is 0. The molecule has 0 radical (unpaired) electrons. The molecule has 14 heteroatoms. The van der Waals surface area contributed by atoms with Crippen LogP contribution >= 0.6 is 0 Å². The van der Waals surface area contributed by atoms with Gasteiger partial charge in [0, 0.05) is 65.3 Å². The minimum atomic E-state index is -0.695. The Morgan fingerprint density at radius 2 is 1.56 bits per heavy atom. The first-order valence-electron chi connectivity index (χ1n) is 22.9. The van der Waals surface area contributed by atoms with Gasteiger partial charge in [-0.25, -0.2) is 4.79 Å². The lowest BCUT2D eigenvalue weighted by atomic mass is 10.0. The zero-order valence-corrected chi connectivity index (χ0v) is 36.9. The molecular formula is C49H64N6O8. The van der Waals surface area contributed by atoms with Gasteiger partial charge in [-0.2, -0.15) is 0 Å². The average molecular weight is 865 g/mol. The number of hydrogen-bond acceptors (Lipinski definition) is 9. The number of primary amides is 1. The summed E-state index contributed by atoms with van der Waals surface area (Å²) in [7, 11) is 1.73. The van der Waals surface area contributed by atoms with E-state index in [1.54, 1.807) is 11.6 Å². The molecule has 0 spiro atoms. The first kappa shape index (κ1) is 45.9. The third-order valence-corrected chi connectivity index (χ3v) is 12.8. The number of carbonyl (C=O) groups is 4. The molecule has 1 aromatic heterocycles. The molecule has 3 aliphatic rings. The number of benzene rings is 3. The van der Waals surface area contributed by atoms with Crippen LogP contribution in [0.4, 0.5) is 5.69 Å². The van der Waals surface area contributed by atoms with E-state index in [9.17, 15) is 24.0 Å². The highest BCUT2D eigenvalue weighted by atomic mass is 16.5. The molecule has 4 atom stereocenters. The minimum absolute atomic E-state index is 0.0301. The normalized spacial score (nSPS) is 18.4. The van der Waals surface area contributed by atoms with E-state index < -0.39 is 11.9 Å². The number of carbonyl (C=O) groups excluding carboxylic acids is 4. The maximum Gasteiger partial charge on any atom is 0.329 e. The highest BCUT2D eigenvalue weighted by Gasteiger charge is 2.37. The molecule has 0 aliphatic carbocycles. The van der Waals surface area contributed by atoms with Gasteiger partial charge < -0.3 is 30.2 Å². The maximum atomic E-state index is 13.2. The monoisotopic (exact) mass is 864 g/mol. The van der Waals surface area contributed by atoms with Crippen molar-refractivity contribution in [2.75, 3.05) is 37.9 Å². The molecule has 14 nitrogen and oxygen atoms in total. The van der Waals surface area contributed by atoms with Crippen molar-refractivity contribution in [1.29, 1.82) is 0 Å². The Morgan fingerprint density at radius 3 is 2.30 bits per heavy atom. The second-order valence-electron chi connectivity index (χ2n) is 17.4. The number of nitrogens with zero attached hydrogens (tertiary/aromatic N) is 3. The number of anilines is 1. The van der Waals surface area contributed by atoms with E-state index in [0.717, 1.165) is 80.1 Å². The number of imidazole rings is 1. The topological polar surface area (TPSA) is 176 Å². The van der Waals surface area contributed by atoms with Gasteiger partial charge in [0.25, 0.3) is 0 Å². The van der Waals surface area contributed by atoms with Crippen LogP contribution in [0.15, 0.2) is 65.5 Å². The van der Waals surface area contributed by atoms with E-state index in [1.165, 1.54) is 21.3 Å². The molecule has 3 aliphatic heterocycles. The van der Waals surface area contributed by atoms with Gasteiger partial charge in [0.1, 0.15) is 6.04 Å². The van der Waals surface area contributed by atoms with Crippen LogP contribution < -0.4 is 27.0 Å². The molecule has 4 aromatic rings. The number of aromatic nitrogens is 2. The summed E-state index contributed by atoms with van der Waals surface area (Å²) in [4.78, 5) is 64.3. The third-order valence-electron chi connectivity index (χ3n) is 12.8. The number of aryl methyl sites for hydroxylation is 4. The lowest BCUT2D eigenvalue weighted by Gasteiger charge is -2.30. The molecule has 3 aromatic carbocycles. The molecule has 1 fully saturated rings. The predicted molar refractivity (Wildman–Crippen MR) is 241 cm³/mol. The molecule has 1 unspecified atom stereocenters. The zero-order chi connectivity index (χ0) is 44.3. The highest BCUT2D eigenvalue weighted by molar-refractivity contribution is 6.00. The second kappa shape index (κ2) is 22.0. The van der Waals surface area contributed by atoms with E-state index in [4.69, 9.17) is 19.9 Å². The molecule has 0 bridgehead atoms. The Bertz CT molecular complexity index is 2290. The van der Waals surface area contributed by atoms with Gasteiger partial charge in [-0.15, -0.1) is 0 Å². The van der Waals surface area contributed by atoms with Gasteiger partial charge in [0.2, 0.25) is 23.6 Å². The minimum Gasteiger partial charge on any atom is -0.381 e. The van der Waals surface area contributed by atoms with E-state index in [0.29, 0.717) is 64.4 Å². The maximum absolute atomic E-state index is 13.2. The third kappa shape index (κ3) is 11.5. The Morgan fingerprint density at radius 1 is 0.857 bits per heavy atom. The van der Waals surface area contributed by atoms with Gasteiger partial charge in [-0.3, -0.25) is 33.6 Å². The number of nitrogens with two attached hydrogens (primary N) is 1. The van der Waals surface area contributed by atoms with E-state index in [1.807, 2.05) is 30.0 Å². The molecule has 4 amide bonds. The summed E-state index contributed by atoms with van der Waals surface area (Å²) in [6.45, 7) is 5.76. The molecule has 7 rings (SSSR count). The number of para-hydroxylation sites is 2. The number of fused-ring (bicyclic) bond motifs is 1. The standard InChI is InChI=1S/C49H64N6O8/c1-33(40(22-24-43(50)56)51-31-39-30-38-14-5-11-36-13-7-17-45(58)54(39)46(36)38)63-32-35-20-18-34(19-21-35)10-8-28-61-26-3-4-27-62-29-9-15-37-12-6-16-41-47(37)53(2)49(60)55(41)42-23-25-44(57)52-48(42)59/h5-6,11-12,14,16,18-21,33,39-40,42,51H,3-4,7-10,13,15,17,22-32H2,1-2H3,(H2,50,56)(H,52,57,59)/t33-,39+,40+,42?/m1/s1. The van der Waals surface area contributed by atoms with Crippen LogP contribution in [0, 0.1) is 0 Å². The predicted octanol–water partition coefficient (Wildman–Crippen LogP) is 5.12. The van der Waals surface area contributed by atoms with Gasteiger partial charge in [-0.05, 0) is 111 Å². The number of nitrogens with one attached hydrogen (secondary N) is 2. The molecular weight excluding hydrogens is 801 g/mol. The van der Waals surface area contributed by atoms with Gasteiger partial charge in [0.05, 0.1) is 35.5 Å². The van der Waals surface area contributed by atoms with Crippen molar-refractivity contribution >= 4 is 40.3 Å². The first-order chi connectivity index (χ1) is 30.6. The molecule has 4 heterocycles. The van der Waals surface area contributed by atoms with Crippen molar-refractivity contribution in [3.8, 4) is 0 Å². The lowest BCUT2D eigenvalue weighted by Crippen LogP contribution is -2.49. The number of rotatable bonds is 24. The van der Waals surface area contributed by atoms with Crippen molar-refractivity contribution in [2.45, 2.75) is 128 Å². The van der Waals surface area contributed by atoms with Crippen LogP contribution in [-0.2, 0) is 72.7 Å². The second-order valence-corrected chi connectivity index (χ2v) is 17.4. The Hall–Kier alpha value is -5.15. The number of amides is 4. The van der Waals surface area contributed by atoms with Crippen LogP contribution in [0.5, 0.6) is 0 Å². The zero-order valence-electron chi connectivity index (χ0n) is 36.9. The Labute approximate surface area is 369 Å². The van der Waals surface area contributed by atoms with Crippen LogP contribution in [-0.4, -0.2) is 83.9 Å². The highest BCUT2D eigenvalue weighted by Crippen LogP contribution is 2.38. The summed E-state index contributed by atoms with van der Waals surface area (Å²) in [5.74, 6) is -0.883. The molecule has 0 saturated carbocycles. The number of hydrogen-bond donors (Lipinski definition) is 3. The largest absolute Gasteiger partial charge is 0.381 e. The summed E-state index contributed by atoms with van der Waals surface area (Å²) in [5, 5.41) is 6.02. The number of imide groups is 1. The van der Waals surface area contributed by atoms with E-state index >= 15 is 0 Å². The van der Waals surface area contributed by atoms with Crippen molar-refractivity contribution in [3.05, 3.63) is 99.0 Å². The van der Waals surface area contributed by atoms with Crippen molar-refractivity contribution in [3.63, 3.8) is 0 Å².